The van der Waals surface area contributed by atoms with Crippen LogP contribution in [0.25, 0.3) is 0 Å². The van der Waals surface area contributed by atoms with Crippen molar-refractivity contribution in [3.05, 3.63) is 40.9 Å². The molecule has 6 heteroatoms. The SMILES string of the molecule is C=C(Cl)CNC(=O)c1c(F)ccc(N)c1F. The number of carbonyl (C=O) groups is 1. The summed E-state index contributed by atoms with van der Waals surface area (Å²) in [5, 5.41) is 2.35. The van der Waals surface area contributed by atoms with Crippen molar-refractivity contribution in [2.75, 3.05) is 12.3 Å². The van der Waals surface area contributed by atoms with Crippen LogP contribution < -0.4 is 11.1 Å². The monoisotopic (exact) mass is 246 g/mol. The first-order valence-electron chi connectivity index (χ1n) is 4.28. The molecule has 16 heavy (non-hydrogen) atoms. The predicted octanol–water partition coefficient (Wildman–Crippen LogP) is 2.03. The van der Waals surface area contributed by atoms with Crippen LogP contribution in [0.3, 0.4) is 0 Å². The van der Waals surface area contributed by atoms with Crippen LogP contribution in [-0.2, 0) is 0 Å². The highest BCUT2D eigenvalue weighted by Crippen LogP contribution is 2.18. The molecule has 86 valence electrons. The highest BCUT2D eigenvalue weighted by molar-refractivity contribution is 6.29. The average molecular weight is 247 g/mol. The molecule has 0 saturated heterocycles. The van der Waals surface area contributed by atoms with Crippen molar-refractivity contribution < 1.29 is 13.6 Å². The average Bonchev–Trinajstić information content (AvgIpc) is 2.21. The van der Waals surface area contributed by atoms with E-state index >= 15 is 0 Å². The molecular formula is C10H9ClF2N2O. The van der Waals surface area contributed by atoms with Gasteiger partial charge in [-0.05, 0) is 12.1 Å². The van der Waals surface area contributed by atoms with Crippen molar-refractivity contribution in [1.29, 1.82) is 0 Å². The largest absolute Gasteiger partial charge is 0.396 e. The van der Waals surface area contributed by atoms with Gasteiger partial charge in [0.05, 0.1) is 12.2 Å². The third-order valence-corrected chi connectivity index (χ3v) is 1.92. The van der Waals surface area contributed by atoms with Crippen LogP contribution in [0.4, 0.5) is 14.5 Å². The van der Waals surface area contributed by atoms with Crippen LogP contribution in [0.1, 0.15) is 10.4 Å². The number of amides is 1. The Kier molecular flexibility index (Phi) is 3.84. The van der Waals surface area contributed by atoms with Gasteiger partial charge in [-0.2, -0.15) is 0 Å². The molecule has 0 aromatic heterocycles. The molecule has 0 spiro atoms. The fourth-order valence-electron chi connectivity index (χ4n) is 1.04. The predicted molar refractivity (Wildman–Crippen MR) is 58.1 cm³/mol. The minimum atomic E-state index is -1.09. The maximum Gasteiger partial charge on any atom is 0.257 e. The second kappa shape index (κ2) is 4.94. The molecular weight excluding hydrogens is 238 g/mol. The maximum absolute atomic E-state index is 13.4. The Morgan fingerprint density at radius 1 is 1.50 bits per heavy atom. The van der Waals surface area contributed by atoms with Crippen LogP contribution in [0.15, 0.2) is 23.7 Å². The zero-order valence-electron chi connectivity index (χ0n) is 8.19. The number of carbonyl (C=O) groups excluding carboxylic acids is 1. The summed E-state index contributed by atoms with van der Waals surface area (Å²) in [6.45, 7) is 3.25. The number of nitrogens with one attached hydrogen (secondary N) is 1. The highest BCUT2D eigenvalue weighted by Gasteiger charge is 2.19. The summed E-state index contributed by atoms with van der Waals surface area (Å²) in [6, 6.07) is 1.96. The topological polar surface area (TPSA) is 55.1 Å². The van der Waals surface area contributed by atoms with Gasteiger partial charge in [-0.15, -0.1) is 0 Å². The lowest BCUT2D eigenvalue weighted by Gasteiger charge is -2.07. The Labute approximate surface area is 95.9 Å². The van der Waals surface area contributed by atoms with Crippen molar-refractivity contribution in [1.82, 2.24) is 5.32 Å². The molecule has 0 heterocycles. The van der Waals surface area contributed by atoms with Crippen LogP contribution in [0, 0.1) is 11.6 Å². The third kappa shape index (κ3) is 2.70. The Bertz CT molecular complexity index is 449. The Morgan fingerprint density at radius 3 is 2.69 bits per heavy atom. The molecule has 0 atom stereocenters. The Hall–Kier alpha value is -1.62. The summed E-state index contributed by atoms with van der Waals surface area (Å²) in [4.78, 5) is 11.4. The van der Waals surface area contributed by atoms with Gasteiger partial charge >= 0.3 is 0 Å². The van der Waals surface area contributed by atoms with E-state index in [1.807, 2.05) is 0 Å². The quantitative estimate of drug-likeness (QED) is 0.802. The fraction of sp³-hybridized carbons (Fsp3) is 0.100. The maximum atomic E-state index is 13.4. The number of nitrogen functional groups attached to an aromatic ring is 1. The van der Waals surface area contributed by atoms with E-state index < -0.39 is 23.1 Å². The number of rotatable bonds is 3. The van der Waals surface area contributed by atoms with E-state index in [2.05, 4.69) is 11.9 Å². The lowest BCUT2D eigenvalue weighted by Crippen LogP contribution is -2.26. The molecule has 3 nitrogen and oxygen atoms in total. The van der Waals surface area contributed by atoms with E-state index in [-0.39, 0.29) is 17.3 Å². The van der Waals surface area contributed by atoms with Crippen LogP contribution in [-0.4, -0.2) is 12.5 Å². The smallest absolute Gasteiger partial charge is 0.257 e. The van der Waals surface area contributed by atoms with E-state index in [1.54, 1.807) is 0 Å². The summed E-state index contributed by atoms with van der Waals surface area (Å²) in [6.07, 6.45) is 0. The number of nitrogens with two attached hydrogens (primary N) is 1. The van der Waals surface area contributed by atoms with Crippen LogP contribution >= 0.6 is 11.6 Å². The first-order valence-corrected chi connectivity index (χ1v) is 4.66. The zero-order chi connectivity index (χ0) is 12.3. The molecule has 0 unspecified atom stereocenters. The second-order valence-electron chi connectivity index (χ2n) is 3.03. The number of hydrogen-bond acceptors (Lipinski definition) is 2. The van der Waals surface area contributed by atoms with E-state index in [1.165, 1.54) is 0 Å². The van der Waals surface area contributed by atoms with Gasteiger partial charge in [0.25, 0.3) is 5.91 Å². The Balaban J connectivity index is 2.99. The fourth-order valence-corrected chi connectivity index (χ4v) is 1.11. The number of anilines is 1. The number of hydrogen-bond donors (Lipinski definition) is 2. The summed E-state index contributed by atoms with van der Waals surface area (Å²) < 4.78 is 26.5. The van der Waals surface area contributed by atoms with Gasteiger partial charge in [0, 0.05) is 5.03 Å². The molecule has 0 fully saturated rings. The van der Waals surface area contributed by atoms with Gasteiger partial charge in [-0.25, -0.2) is 8.78 Å². The molecule has 0 bridgehead atoms. The van der Waals surface area contributed by atoms with Gasteiger partial charge in [-0.3, -0.25) is 4.79 Å². The molecule has 0 saturated carbocycles. The van der Waals surface area contributed by atoms with Gasteiger partial charge in [0.15, 0.2) is 5.82 Å². The van der Waals surface area contributed by atoms with Crippen molar-refractivity contribution in [3.63, 3.8) is 0 Å². The molecule has 1 aromatic rings. The van der Waals surface area contributed by atoms with E-state index in [0.29, 0.717) is 0 Å². The van der Waals surface area contributed by atoms with Crippen LogP contribution in [0.5, 0.6) is 0 Å². The zero-order valence-corrected chi connectivity index (χ0v) is 8.94. The van der Waals surface area contributed by atoms with Gasteiger partial charge < -0.3 is 11.1 Å². The third-order valence-electron chi connectivity index (χ3n) is 1.79. The molecule has 1 amide bonds. The lowest BCUT2D eigenvalue weighted by atomic mass is 10.1. The minimum absolute atomic E-state index is 0.0753. The minimum Gasteiger partial charge on any atom is -0.396 e. The summed E-state index contributed by atoms with van der Waals surface area (Å²) in [7, 11) is 0. The van der Waals surface area contributed by atoms with E-state index in [4.69, 9.17) is 17.3 Å². The first kappa shape index (κ1) is 12.4. The lowest BCUT2D eigenvalue weighted by molar-refractivity contribution is 0.0949. The molecule has 0 aliphatic rings. The van der Waals surface area contributed by atoms with Crippen LogP contribution in [0.2, 0.25) is 0 Å². The molecule has 1 aromatic carbocycles. The molecule has 0 radical (unpaired) electrons. The van der Waals surface area contributed by atoms with Gasteiger partial charge in [0.1, 0.15) is 11.4 Å². The summed E-state index contributed by atoms with van der Waals surface area (Å²) in [5.41, 5.74) is 4.20. The molecule has 3 N–H and O–H groups in total. The first-order chi connectivity index (χ1) is 7.43. The molecule has 1 rings (SSSR count). The van der Waals surface area contributed by atoms with Crippen molar-refractivity contribution in [2.24, 2.45) is 0 Å². The van der Waals surface area contributed by atoms with Gasteiger partial charge in [-0.1, -0.05) is 18.2 Å². The number of halogens is 3. The normalized spacial score (nSPS) is 9.94. The van der Waals surface area contributed by atoms with Crippen molar-refractivity contribution in [2.45, 2.75) is 0 Å². The molecule has 0 aliphatic heterocycles. The summed E-state index contributed by atoms with van der Waals surface area (Å²) >= 11 is 5.40. The molecule has 0 aliphatic carbocycles. The highest BCUT2D eigenvalue weighted by atomic mass is 35.5. The Morgan fingerprint density at radius 2 is 2.12 bits per heavy atom. The van der Waals surface area contributed by atoms with Crippen molar-refractivity contribution >= 4 is 23.2 Å². The van der Waals surface area contributed by atoms with Crippen molar-refractivity contribution in [3.8, 4) is 0 Å². The second-order valence-corrected chi connectivity index (χ2v) is 3.56. The van der Waals surface area contributed by atoms with Gasteiger partial charge in [0.2, 0.25) is 0 Å². The van der Waals surface area contributed by atoms with E-state index in [9.17, 15) is 13.6 Å². The standard InChI is InChI=1S/C10H9ClF2N2O/c1-5(11)4-15-10(16)8-6(12)2-3-7(14)9(8)13/h2-3H,1,4,14H2,(H,15,16). The summed E-state index contributed by atoms with van der Waals surface area (Å²) in [5.74, 6) is -2.99. The van der Waals surface area contributed by atoms with E-state index in [0.717, 1.165) is 12.1 Å². The number of benzene rings is 1.